The number of sulfonamides is 1. The summed E-state index contributed by atoms with van der Waals surface area (Å²) >= 11 is 3.04. The fourth-order valence-corrected chi connectivity index (χ4v) is 4.27. The number of fused-ring (bicyclic) bond motifs is 1. The Hall–Kier alpha value is -0.770. The summed E-state index contributed by atoms with van der Waals surface area (Å²) in [6, 6.07) is 0. The van der Waals surface area contributed by atoms with E-state index < -0.39 is 10.0 Å². The largest absolute Gasteiger partial charge is 0.368 e. The minimum Gasteiger partial charge on any atom is -0.368 e. The third kappa shape index (κ3) is 3.71. The standard InChI is InChI=1S/C12H20N4O2S3/c1-4-5-13-10-11(16-6-7-20-12(16)15-10)21(17,18)14-8-9(2)19-3/h6-7,9,13-14H,4-5,8H2,1-3H3. The zero-order chi connectivity index (χ0) is 15.5. The van der Waals surface area contributed by atoms with Gasteiger partial charge in [-0.2, -0.15) is 11.8 Å². The number of anilines is 1. The van der Waals surface area contributed by atoms with E-state index in [4.69, 9.17) is 0 Å². The highest BCUT2D eigenvalue weighted by Crippen LogP contribution is 2.25. The molecule has 1 unspecified atom stereocenters. The number of imidazole rings is 1. The number of thioether (sulfide) groups is 1. The van der Waals surface area contributed by atoms with Crippen LogP contribution < -0.4 is 10.0 Å². The normalized spacial score (nSPS) is 13.7. The van der Waals surface area contributed by atoms with Gasteiger partial charge in [-0.15, -0.1) is 11.3 Å². The van der Waals surface area contributed by atoms with Crippen molar-refractivity contribution in [1.29, 1.82) is 0 Å². The number of hydrogen-bond donors (Lipinski definition) is 2. The molecule has 0 bridgehead atoms. The van der Waals surface area contributed by atoms with Crippen LogP contribution in [-0.4, -0.2) is 42.4 Å². The molecule has 0 radical (unpaired) electrons. The van der Waals surface area contributed by atoms with Gasteiger partial charge in [-0.1, -0.05) is 13.8 Å². The molecule has 2 rings (SSSR count). The Balaban J connectivity index is 2.35. The molecule has 2 N–H and O–H groups in total. The van der Waals surface area contributed by atoms with Crippen LogP contribution in [0.5, 0.6) is 0 Å². The van der Waals surface area contributed by atoms with Gasteiger partial charge in [-0.25, -0.2) is 18.1 Å². The zero-order valence-corrected chi connectivity index (χ0v) is 14.7. The summed E-state index contributed by atoms with van der Waals surface area (Å²) in [5.74, 6) is 0.424. The SMILES string of the molecule is CCCNc1nc2sccn2c1S(=O)(=O)NCC(C)SC. The quantitative estimate of drug-likeness (QED) is 0.765. The van der Waals surface area contributed by atoms with Crippen molar-refractivity contribution in [3.63, 3.8) is 0 Å². The zero-order valence-electron chi connectivity index (χ0n) is 12.3. The molecular weight excluding hydrogens is 328 g/mol. The molecule has 2 aromatic heterocycles. The fourth-order valence-electron chi connectivity index (χ4n) is 1.76. The predicted octanol–water partition coefficient (Wildman–Crippen LogP) is 2.25. The van der Waals surface area contributed by atoms with Crippen LogP contribution in [0.15, 0.2) is 16.6 Å². The van der Waals surface area contributed by atoms with Crippen LogP contribution in [0.2, 0.25) is 0 Å². The summed E-state index contributed by atoms with van der Waals surface area (Å²) in [6.45, 7) is 5.10. The molecule has 1 atom stereocenters. The smallest absolute Gasteiger partial charge is 0.260 e. The van der Waals surface area contributed by atoms with Crippen LogP contribution in [-0.2, 0) is 10.0 Å². The topological polar surface area (TPSA) is 75.5 Å². The van der Waals surface area contributed by atoms with Crippen LogP contribution in [0.1, 0.15) is 20.3 Å². The van der Waals surface area contributed by atoms with Gasteiger partial charge in [0.15, 0.2) is 15.8 Å². The third-order valence-electron chi connectivity index (χ3n) is 2.98. The lowest BCUT2D eigenvalue weighted by molar-refractivity contribution is 0.577. The van der Waals surface area contributed by atoms with E-state index in [1.807, 2.05) is 25.5 Å². The number of nitrogens with zero attached hydrogens (tertiary/aromatic N) is 2. The predicted molar refractivity (Wildman–Crippen MR) is 90.0 cm³/mol. The molecule has 9 heteroatoms. The van der Waals surface area contributed by atoms with Crippen molar-refractivity contribution in [3.05, 3.63) is 11.6 Å². The highest BCUT2D eigenvalue weighted by atomic mass is 32.2. The molecule has 21 heavy (non-hydrogen) atoms. The molecule has 0 aliphatic carbocycles. The molecule has 0 aliphatic rings. The van der Waals surface area contributed by atoms with Crippen LogP contribution in [0.4, 0.5) is 5.82 Å². The highest BCUT2D eigenvalue weighted by Gasteiger charge is 2.26. The van der Waals surface area contributed by atoms with Gasteiger partial charge in [0.2, 0.25) is 0 Å². The Morgan fingerprint density at radius 2 is 2.29 bits per heavy atom. The molecule has 6 nitrogen and oxygen atoms in total. The summed E-state index contributed by atoms with van der Waals surface area (Å²) in [5.41, 5.74) is 0. The van der Waals surface area contributed by atoms with Crippen LogP contribution in [0.25, 0.3) is 4.96 Å². The van der Waals surface area contributed by atoms with Crippen molar-refractivity contribution < 1.29 is 8.42 Å². The molecule has 0 saturated heterocycles. The second-order valence-electron chi connectivity index (χ2n) is 4.65. The number of rotatable bonds is 8. The van der Waals surface area contributed by atoms with E-state index in [1.54, 1.807) is 22.4 Å². The Morgan fingerprint density at radius 3 is 2.95 bits per heavy atom. The highest BCUT2D eigenvalue weighted by molar-refractivity contribution is 7.99. The summed E-state index contributed by atoms with van der Waals surface area (Å²) < 4.78 is 29.5. The van der Waals surface area contributed by atoms with Crippen molar-refractivity contribution in [3.8, 4) is 0 Å². The molecular formula is C12H20N4O2S3. The van der Waals surface area contributed by atoms with E-state index in [-0.39, 0.29) is 10.3 Å². The van der Waals surface area contributed by atoms with Crippen molar-refractivity contribution in [2.75, 3.05) is 24.7 Å². The van der Waals surface area contributed by atoms with Crippen molar-refractivity contribution >= 4 is 43.9 Å². The first kappa shape index (κ1) is 16.6. The molecule has 0 spiro atoms. The number of aromatic nitrogens is 2. The summed E-state index contributed by atoms with van der Waals surface area (Å²) in [7, 11) is -3.60. The first-order valence-corrected chi connectivity index (χ1v) is 10.4. The maximum absolute atomic E-state index is 12.6. The van der Waals surface area contributed by atoms with E-state index in [9.17, 15) is 8.42 Å². The lowest BCUT2D eigenvalue weighted by Crippen LogP contribution is -2.30. The minimum atomic E-state index is -3.60. The second-order valence-corrected chi connectivity index (χ2v) is 8.48. The Bertz CT molecular complexity index is 692. The molecule has 0 saturated carbocycles. The van der Waals surface area contributed by atoms with Crippen molar-refractivity contribution in [2.45, 2.75) is 30.5 Å². The van der Waals surface area contributed by atoms with Gasteiger partial charge in [-0.3, -0.25) is 4.40 Å². The van der Waals surface area contributed by atoms with Crippen molar-refractivity contribution in [1.82, 2.24) is 14.1 Å². The first-order valence-electron chi connectivity index (χ1n) is 6.71. The van der Waals surface area contributed by atoms with Crippen LogP contribution in [0.3, 0.4) is 0 Å². The lowest BCUT2D eigenvalue weighted by Gasteiger charge is -2.11. The number of nitrogens with one attached hydrogen (secondary N) is 2. The van der Waals surface area contributed by atoms with Crippen molar-refractivity contribution in [2.24, 2.45) is 0 Å². The molecule has 0 amide bonds. The van der Waals surface area contributed by atoms with Gasteiger partial charge < -0.3 is 5.32 Å². The molecule has 2 aromatic rings. The van der Waals surface area contributed by atoms with Gasteiger partial charge >= 0.3 is 0 Å². The second kappa shape index (κ2) is 6.99. The number of hydrogen-bond acceptors (Lipinski definition) is 6. The van der Waals surface area contributed by atoms with E-state index in [0.717, 1.165) is 6.42 Å². The lowest BCUT2D eigenvalue weighted by atomic mass is 10.5. The van der Waals surface area contributed by atoms with E-state index in [2.05, 4.69) is 15.0 Å². The first-order chi connectivity index (χ1) is 9.99. The average molecular weight is 349 g/mol. The van der Waals surface area contributed by atoms with Gasteiger partial charge in [-0.05, 0) is 12.7 Å². The molecule has 118 valence electrons. The van der Waals surface area contributed by atoms with Gasteiger partial charge in [0.05, 0.1) is 0 Å². The van der Waals surface area contributed by atoms with E-state index in [1.165, 1.54) is 11.3 Å². The average Bonchev–Trinajstić information content (AvgIpc) is 3.02. The van der Waals surface area contributed by atoms with Crippen LogP contribution >= 0.6 is 23.1 Å². The molecule has 0 fully saturated rings. The van der Waals surface area contributed by atoms with Gasteiger partial charge in [0, 0.05) is 29.9 Å². The monoisotopic (exact) mass is 348 g/mol. The summed E-state index contributed by atoms with van der Waals surface area (Å²) in [5, 5.41) is 5.34. The van der Waals surface area contributed by atoms with E-state index in [0.29, 0.717) is 23.9 Å². The maximum atomic E-state index is 12.6. The minimum absolute atomic E-state index is 0.195. The molecule has 2 heterocycles. The van der Waals surface area contributed by atoms with Crippen LogP contribution in [0, 0.1) is 0 Å². The Morgan fingerprint density at radius 1 is 1.52 bits per heavy atom. The number of thiazole rings is 1. The Kier molecular flexibility index (Phi) is 5.53. The molecule has 0 aromatic carbocycles. The Labute approximate surface area is 133 Å². The molecule has 0 aliphatic heterocycles. The van der Waals surface area contributed by atoms with Gasteiger partial charge in [0.1, 0.15) is 0 Å². The maximum Gasteiger partial charge on any atom is 0.260 e. The third-order valence-corrected chi connectivity index (χ3v) is 6.15. The van der Waals surface area contributed by atoms with Gasteiger partial charge in [0.25, 0.3) is 10.0 Å². The summed E-state index contributed by atoms with van der Waals surface area (Å²) in [6.07, 6.45) is 4.60. The fraction of sp³-hybridized carbons (Fsp3) is 0.583. The van der Waals surface area contributed by atoms with E-state index >= 15 is 0 Å². The summed E-state index contributed by atoms with van der Waals surface area (Å²) in [4.78, 5) is 5.04.